The van der Waals surface area contributed by atoms with Gasteiger partial charge in [0.2, 0.25) is 0 Å². The van der Waals surface area contributed by atoms with Gasteiger partial charge in [-0.15, -0.1) is 0 Å². The molecule has 5 nitrogen and oxygen atoms in total. The van der Waals surface area contributed by atoms with Crippen molar-refractivity contribution in [1.29, 1.82) is 0 Å². The van der Waals surface area contributed by atoms with Gasteiger partial charge in [-0.2, -0.15) is 0 Å². The van der Waals surface area contributed by atoms with E-state index in [0.29, 0.717) is 16.1 Å². The molecule has 2 bridgehead atoms. The second kappa shape index (κ2) is 7.91. The van der Waals surface area contributed by atoms with E-state index in [4.69, 9.17) is 23.2 Å². The third kappa shape index (κ3) is 4.14. The minimum Gasteiger partial charge on any atom is -0.355 e. The molecule has 0 amide bonds. The fourth-order valence-corrected chi connectivity index (χ4v) is 4.04. The molecule has 1 aromatic rings. The van der Waals surface area contributed by atoms with Crippen LogP contribution in [-0.4, -0.2) is 68.1 Å². The highest BCUT2D eigenvalue weighted by atomic mass is 35.5. The monoisotopic (exact) mass is 369 g/mol. The van der Waals surface area contributed by atoms with Crippen molar-refractivity contribution in [1.82, 2.24) is 20.4 Å². The van der Waals surface area contributed by atoms with Crippen molar-refractivity contribution in [2.75, 3.05) is 46.3 Å². The van der Waals surface area contributed by atoms with Gasteiger partial charge < -0.3 is 10.6 Å². The average Bonchev–Trinajstić information content (AvgIpc) is 2.59. The molecule has 2 atom stereocenters. The number of aliphatic imine (C=N–C) groups is 1. The summed E-state index contributed by atoms with van der Waals surface area (Å²) in [5.74, 6) is 0.797. The van der Waals surface area contributed by atoms with E-state index in [-0.39, 0.29) is 6.04 Å². The number of guanidine groups is 1. The molecule has 0 radical (unpaired) electrons. The van der Waals surface area contributed by atoms with Gasteiger partial charge in [0.1, 0.15) is 0 Å². The highest BCUT2D eigenvalue weighted by Gasteiger charge is 2.31. The van der Waals surface area contributed by atoms with Crippen LogP contribution in [0.25, 0.3) is 0 Å². The molecule has 3 heterocycles. The molecule has 2 N–H and O–H groups in total. The molecule has 7 heteroatoms. The van der Waals surface area contributed by atoms with Crippen LogP contribution in [0.1, 0.15) is 18.5 Å². The second-order valence-corrected chi connectivity index (χ2v) is 7.32. The quantitative estimate of drug-likeness (QED) is 0.630. The Kier molecular flexibility index (Phi) is 5.87. The molecule has 0 aromatic heterocycles. The Morgan fingerprint density at radius 3 is 2.62 bits per heavy atom. The Balaban J connectivity index is 1.55. The van der Waals surface area contributed by atoms with Crippen molar-refractivity contribution in [3.8, 4) is 0 Å². The summed E-state index contributed by atoms with van der Waals surface area (Å²) in [6.07, 6.45) is 0. The molecular weight excluding hydrogens is 345 g/mol. The number of hydrogen-bond acceptors (Lipinski definition) is 3. The zero-order valence-electron chi connectivity index (χ0n) is 14.2. The van der Waals surface area contributed by atoms with Crippen LogP contribution in [0, 0.1) is 0 Å². The number of nitrogens with zero attached hydrogens (tertiary/aromatic N) is 3. The summed E-state index contributed by atoms with van der Waals surface area (Å²) in [6.45, 7) is 8.87. The Morgan fingerprint density at radius 2 is 2.04 bits per heavy atom. The summed E-state index contributed by atoms with van der Waals surface area (Å²) in [6, 6.07) is 6.19. The van der Waals surface area contributed by atoms with Gasteiger partial charge >= 0.3 is 0 Å². The van der Waals surface area contributed by atoms with Gasteiger partial charge in [-0.3, -0.25) is 14.8 Å². The van der Waals surface area contributed by atoms with E-state index < -0.39 is 0 Å². The number of halogens is 2. The molecule has 3 aliphatic rings. The highest BCUT2D eigenvalue weighted by Crippen LogP contribution is 2.26. The standard InChI is InChI=1S/C17H25Cl2N5/c1-12(15-4-3-13(18)9-16(15)19)22-17(20-2)21-10-14-11-23-5-7-24(14)8-6-23/h3-4,9,12,14H,5-8,10-11H2,1-2H3,(H2,20,21,22). The molecule has 2 unspecified atom stereocenters. The molecule has 3 aliphatic heterocycles. The van der Waals surface area contributed by atoms with Crippen molar-refractivity contribution >= 4 is 29.2 Å². The maximum Gasteiger partial charge on any atom is 0.191 e. The maximum atomic E-state index is 6.30. The average molecular weight is 370 g/mol. The predicted molar refractivity (Wildman–Crippen MR) is 101 cm³/mol. The van der Waals surface area contributed by atoms with Gasteiger partial charge in [0, 0.05) is 62.4 Å². The molecule has 3 saturated heterocycles. The molecule has 132 valence electrons. The largest absolute Gasteiger partial charge is 0.355 e. The van der Waals surface area contributed by atoms with Crippen molar-refractivity contribution in [3.05, 3.63) is 33.8 Å². The smallest absolute Gasteiger partial charge is 0.191 e. The third-order valence-electron chi connectivity index (χ3n) is 4.90. The highest BCUT2D eigenvalue weighted by molar-refractivity contribution is 6.35. The first-order valence-corrected chi connectivity index (χ1v) is 9.21. The topological polar surface area (TPSA) is 42.9 Å². The summed E-state index contributed by atoms with van der Waals surface area (Å²) in [5.41, 5.74) is 1.01. The lowest BCUT2D eigenvalue weighted by Crippen LogP contribution is -2.63. The number of rotatable bonds is 4. The minimum atomic E-state index is 0.0489. The van der Waals surface area contributed by atoms with Gasteiger partial charge in [0.05, 0.1) is 6.04 Å². The summed E-state index contributed by atoms with van der Waals surface area (Å²) >= 11 is 12.3. The number of fused-ring (bicyclic) bond motifs is 3. The zero-order chi connectivity index (χ0) is 17.1. The molecule has 4 rings (SSSR count). The van der Waals surface area contributed by atoms with Gasteiger partial charge in [-0.1, -0.05) is 29.3 Å². The Labute approximate surface area is 154 Å². The first-order chi connectivity index (χ1) is 11.6. The molecule has 1 aromatic carbocycles. The van der Waals surface area contributed by atoms with Crippen LogP contribution in [0.15, 0.2) is 23.2 Å². The summed E-state index contributed by atoms with van der Waals surface area (Å²) in [7, 11) is 1.79. The van der Waals surface area contributed by atoms with Gasteiger partial charge in [0.25, 0.3) is 0 Å². The first-order valence-electron chi connectivity index (χ1n) is 8.45. The zero-order valence-corrected chi connectivity index (χ0v) is 15.7. The third-order valence-corrected chi connectivity index (χ3v) is 5.47. The van der Waals surface area contributed by atoms with Crippen molar-refractivity contribution in [3.63, 3.8) is 0 Å². The fourth-order valence-electron chi connectivity index (χ4n) is 3.46. The van der Waals surface area contributed by atoms with E-state index in [9.17, 15) is 0 Å². The van der Waals surface area contributed by atoms with E-state index in [1.165, 1.54) is 26.2 Å². The van der Waals surface area contributed by atoms with E-state index in [2.05, 4.69) is 32.3 Å². The molecule has 0 aliphatic carbocycles. The van der Waals surface area contributed by atoms with Crippen LogP contribution in [0.2, 0.25) is 10.0 Å². The first kappa shape index (κ1) is 17.8. The second-order valence-electron chi connectivity index (χ2n) is 6.48. The van der Waals surface area contributed by atoms with Crippen LogP contribution in [0.4, 0.5) is 0 Å². The van der Waals surface area contributed by atoms with Crippen molar-refractivity contribution in [2.45, 2.75) is 19.0 Å². The number of nitrogens with one attached hydrogen (secondary N) is 2. The molecule has 3 fully saturated rings. The SMILES string of the molecule is CN=C(NCC1CN2CCN1CC2)NC(C)c1ccc(Cl)cc1Cl. The lowest BCUT2D eigenvalue weighted by atomic mass is 10.1. The minimum absolute atomic E-state index is 0.0489. The van der Waals surface area contributed by atoms with Crippen LogP contribution in [0.3, 0.4) is 0 Å². The van der Waals surface area contributed by atoms with Gasteiger partial charge in [-0.05, 0) is 24.6 Å². The predicted octanol–water partition coefficient (Wildman–Crippen LogP) is 2.22. The summed E-state index contributed by atoms with van der Waals surface area (Å²) < 4.78 is 0. The summed E-state index contributed by atoms with van der Waals surface area (Å²) in [4.78, 5) is 9.45. The van der Waals surface area contributed by atoms with Crippen LogP contribution >= 0.6 is 23.2 Å². The van der Waals surface area contributed by atoms with Gasteiger partial charge in [0.15, 0.2) is 5.96 Å². The fraction of sp³-hybridized carbons (Fsp3) is 0.588. The van der Waals surface area contributed by atoms with Crippen molar-refractivity contribution in [2.24, 2.45) is 4.99 Å². The van der Waals surface area contributed by atoms with E-state index in [1.54, 1.807) is 13.1 Å². The summed E-state index contributed by atoms with van der Waals surface area (Å²) in [5, 5.41) is 8.18. The molecule has 0 spiro atoms. The Bertz CT molecular complexity index is 599. The van der Waals surface area contributed by atoms with E-state index >= 15 is 0 Å². The van der Waals surface area contributed by atoms with E-state index in [0.717, 1.165) is 24.6 Å². The number of benzene rings is 1. The van der Waals surface area contributed by atoms with E-state index in [1.807, 2.05) is 12.1 Å². The lowest BCUT2D eigenvalue weighted by molar-refractivity contribution is 0.0154. The number of piperazine rings is 3. The number of hydrogen-bond donors (Lipinski definition) is 2. The Morgan fingerprint density at radius 1 is 1.29 bits per heavy atom. The lowest BCUT2D eigenvalue weighted by Gasteiger charge is -2.47. The van der Waals surface area contributed by atoms with Crippen molar-refractivity contribution < 1.29 is 0 Å². The van der Waals surface area contributed by atoms with Crippen LogP contribution < -0.4 is 10.6 Å². The van der Waals surface area contributed by atoms with Crippen LogP contribution in [-0.2, 0) is 0 Å². The maximum absolute atomic E-state index is 6.30. The Hall–Kier alpha value is -1.01. The van der Waals surface area contributed by atoms with Gasteiger partial charge in [-0.25, -0.2) is 0 Å². The molecule has 24 heavy (non-hydrogen) atoms. The normalized spacial score (nSPS) is 27.8. The van der Waals surface area contributed by atoms with Crippen LogP contribution in [0.5, 0.6) is 0 Å². The molecular formula is C17H25Cl2N5. The molecule has 0 saturated carbocycles.